The van der Waals surface area contributed by atoms with Gasteiger partial charge in [0.2, 0.25) is 0 Å². The molecule has 0 amide bonds. The number of nitrogens with zero attached hydrogens (tertiary/aromatic N) is 2. The van der Waals surface area contributed by atoms with Crippen molar-refractivity contribution in [3.05, 3.63) is 30.1 Å². The van der Waals surface area contributed by atoms with Gasteiger partial charge in [-0.3, -0.25) is 15.2 Å². The molecule has 4 nitrogen and oxygen atoms in total. The summed E-state index contributed by atoms with van der Waals surface area (Å²) in [6.45, 7) is 3.25. The molecule has 1 fully saturated rings. The first kappa shape index (κ1) is 11.5. The van der Waals surface area contributed by atoms with Crippen LogP contribution in [-0.4, -0.2) is 29.6 Å². The highest BCUT2D eigenvalue weighted by molar-refractivity contribution is 5.12. The normalized spacial score (nSPS) is 19.6. The summed E-state index contributed by atoms with van der Waals surface area (Å²) in [6, 6.07) is 3.92. The number of nitrogens with one attached hydrogen (secondary N) is 1. The van der Waals surface area contributed by atoms with Crippen LogP contribution in [0.15, 0.2) is 24.5 Å². The molecule has 1 saturated heterocycles. The molecule has 1 aliphatic heterocycles. The fraction of sp³-hybridized carbons (Fsp3) is 0.583. The number of likely N-dealkylation sites (tertiary alicyclic amines) is 1. The summed E-state index contributed by atoms with van der Waals surface area (Å²) in [6.07, 6.45) is 7.45. The van der Waals surface area contributed by atoms with Crippen molar-refractivity contribution in [2.45, 2.75) is 25.4 Å². The zero-order valence-electron chi connectivity index (χ0n) is 9.60. The third-order valence-corrected chi connectivity index (χ3v) is 3.03. The van der Waals surface area contributed by atoms with E-state index in [1.807, 2.05) is 18.3 Å². The average molecular weight is 220 g/mol. The van der Waals surface area contributed by atoms with E-state index in [-0.39, 0.29) is 6.17 Å². The highest BCUT2D eigenvalue weighted by Gasteiger charge is 2.11. The molecule has 3 N–H and O–H groups in total. The third kappa shape index (κ3) is 3.27. The highest BCUT2D eigenvalue weighted by atomic mass is 15.2. The molecule has 1 unspecified atom stereocenters. The maximum atomic E-state index is 6.03. The Bertz CT molecular complexity index is 295. The van der Waals surface area contributed by atoms with Gasteiger partial charge in [-0.1, -0.05) is 12.5 Å². The summed E-state index contributed by atoms with van der Waals surface area (Å²) < 4.78 is 0. The third-order valence-electron chi connectivity index (χ3n) is 3.03. The molecule has 0 spiro atoms. The predicted octanol–water partition coefficient (Wildman–Crippen LogP) is 1.07. The quantitative estimate of drug-likeness (QED) is 0.745. The van der Waals surface area contributed by atoms with Crippen molar-refractivity contribution in [2.24, 2.45) is 5.73 Å². The molecule has 2 heterocycles. The maximum Gasteiger partial charge on any atom is 0.0835 e. The van der Waals surface area contributed by atoms with Crippen LogP contribution in [0.5, 0.6) is 0 Å². The van der Waals surface area contributed by atoms with Crippen LogP contribution in [0.1, 0.15) is 31.0 Å². The van der Waals surface area contributed by atoms with Gasteiger partial charge >= 0.3 is 0 Å². The van der Waals surface area contributed by atoms with E-state index in [0.29, 0.717) is 0 Å². The Morgan fingerprint density at radius 3 is 2.88 bits per heavy atom. The number of pyridine rings is 1. The predicted molar refractivity (Wildman–Crippen MR) is 64.6 cm³/mol. The lowest BCUT2D eigenvalue weighted by molar-refractivity contribution is 0.203. The minimum absolute atomic E-state index is 0.115. The van der Waals surface area contributed by atoms with Crippen LogP contribution in [0.25, 0.3) is 0 Å². The van der Waals surface area contributed by atoms with Crippen LogP contribution in [0.2, 0.25) is 0 Å². The maximum absolute atomic E-state index is 6.03. The topological polar surface area (TPSA) is 54.2 Å². The van der Waals surface area contributed by atoms with E-state index < -0.39 is 0 Å². The van der Waals surface area contributed by atoms with Crippen molar-refractivity contribution < 1.29 is 0 Å². The van der Waals surface area contributed by atoms with E-state index >= 15 is 0 Å². The number of nitrogens with two attached hydrogens (primary N) is 1. The van der Waals surface area contributed by atoms with E-state index in [2.05, 4.69) is 15.2 Å². The number of rotatable bonds is 4. The van der Waals surface area contributed by atoms with Crippen LogP contribution in [0, 0.1) is 0 Å². The molecular formula is C12H20N4. The van der Waals surface area contributed by atoms with Gasteiger partial charge < -0.3 is 5.73 Å². The zero-order chi connectivity index (χ0) is 11.2. The van der Waals surface area contributed by atoms with Crippen molar-refractivity contribution in [3.63, 3.8) is 0 Å². The molecular weight excluding hydrogens is 200 g/mol. The van der Waals surface area contributed by atoms with Crippen molar-refractivity contribution in [1.82, 2.24) is 15.2 Å². The van der Waals surface area contributed by atoms with Gasteiger partial charge in [0.15, 0.2) is 0 Å². The summed E-state index contributed by atoms with van der Waals surface area (Å²) in [5.74, 6) is 0. The van der Waals surface area contributed by atoms with Gasteiger partial charge in [-0.2, -0.15) is 0 Å². The number of aromatic nitrogens is 1. The molecule has 88 valence electrons. The average Bonchev–Trinajstić information content (AvgIpc) is 2.38. The number of piperidine rings is 1. The lowest BCUT2D eigenvalue weighted by Crippen LogP contribution is -2.41. The first-order valence-electron chi connectivity index (χ1n) is 5.97. The second-order valence-corrected chi connectivity index (χ2v) is 4.30. The van der Waals surface area contributed by atoms with Gasteiger partial charge in [-0.25, -0.2) is 0 Å². The molecule has 1 atom stereocenters. The Hall–Kier alpha value is -0.970. The summed E-state index contributed by atoms with van der Waals surface area (Å²) in [4.78, 5) is 6.48. The molecule has 1 aliphatic rings. The van der Waals surface area contributed by atoms with E-state index in [1.165, 1.54) is 32.4 Å². The number of hydrogen-bond acceptors (Lipinski definition) is 4. The minimum atomic E-state index is -0.115. The molecule has 1 aromatic heterocycles. The monoisotopic (exact) mass is 220 g/mol. The Kier molecular flexibility index (Phi) is 4.27. The molecule has 16 heavy (non-hydrogen) atoms. The van der Waals surface area contributed by atoms with Crippen LogP contribution in [-0.2, 0) is 0 Å². The molecule has 0 saturated carbocycles. The van der Waals surface area contributed by atoms with Crippen molar-refractivity contribution in [3.8, 4) is 0 Å². The summed E-state index contributed by atoms with van der Waals surface area (Å²) in [5, 5.41) is 3.33. The summed E-state index contributed by atoms with van der Waals surface area (Å²) in [5.41, 5.74) is 7.08. The largest absolute Gasteiger partial charge is 0.312 e. The highest BCUT2D eigenvalue weighted by Crippen LogP contribution is 2.09. The lowest BCUT2D eigenvalue weighted by atomic mass is 10.1. The van der Waals surface area contributed by atoms with Crippen LogP contribution in [0.3, 0.4) is 0 Å². The van der Waals surface area contributed by atoms with Crippen molar-refractivity contribution in [2.75, 3.05) is 19.8 Å². The molecule has 0 aliphatic carbocycles. The second kappa shape index (κ2) is 5.94. The van der Waals surface area contributed by atoms with Gasteiger partial charge in [-0.05, 0) is 32.0 Å². The molecule has 0 aromatic carbocycles. The van der Waals surface area contributed by atoms with Crippen molar-refractivity contribution in [1.29, 1.82) is 0 Å². The fourth-order valence-corrected chi connectivity index (χ4v) is 2.02. The van der Waals surface area contributed by atoms with Gasteiger partial charge in [0, 0.05) is 24.6 Å². The van der Waals surface area contributed by atoms with Gasteiger partial charge in [0.1, 0.15) is 0 Å². The first-order chi connectivity index (χ1) is 7.86. The van der Waals surface area contributed by atoms with Crippen LogP contribution >= 0.6 is 0 Å². The first-order valence-corrected chi connectivity index (χ1v) is 5.97. The lowest BCUT2D eigenvalue weighted by Gasteiger charge is -2.28. The Morgan fingerprint density at radius 1 is 1.38 bits per heavy atom. The minimum Gasteiger partial charge on any atom is -0.312 e. The molecule has 0 radical (unpaired) electrons. The summed E-state index contributed by atoms with van der Waals surface area (Å²) in [7, 11) is 0. The van der Waals surface area contributed by atoms with Crippen molar-refractivity contribution >= 4 is 0 Å². The van der Waals surface area contributed by atoms with E-state index in [9.17, 15) is 0 Å². The van der Waals surface area contributed by atoms with E-state index in [0.717, 1.165) is 12.2 Å². The van der Waals surface area contributed by atoms with Gasteiger partial charge in [0.05, 0.1) is 6.17 Å². The Balaban J connectivity index is 1.77. The summed E-state index contributed by atoms with van der Waals surface area (Å²) >= 11 is 0. The molecule has 1 aromatic rings. The fourth-order valence-electron chi connectivity index (χ4n) is 2.02. The Labute approximate surface area is 96.8 Å². The SMILES string of the molecule is NC(NCN1CCCCC1)c1cccnc1. The van der Waals surface area contributed by atoms with Gasteiger partial charge in [-0.15, -0.1) is 0 Å². The molecule has 4 heteroatoms. The Morgan fingerprint density at radius 2 is 2.19 bits per heavy atom. The van der Waals surface area contributed by atoms with Crippen LogP contribution < -0.4 is 11.1 Å². The van der Waals surface area contributed by atoms with Crippen LogP contribution in [0.4, 0.5) is 0 Å². The number of hydrogen-bond donors (Lipinski definition) is 2. The zero-order valence-corrected chi connectivity index (χ0v) is 9.60. The second-order valence-electron chi connectivity index (χ2n) is 4.30. The standard InChI is InChI=1S/C12H20N4/c13-12(11-5-4-6-14-9-11)15-10-16-7-2-1-3-8-16/h4-6,9,12,15H,1-3,7-8,10,13H2. The molecule has 2 rings (SSSR count). The molecule has 0 bridgehead atoms. The van der Waals surface area contributed by atoms with Gasteiger partial charge in [0.25, 0.3) is 0 Å². The van der Waals surface area contributed by atoms with E-state index in [4.69, 9.17) is 5.73 Å². The van der Waals surface area contributed by atoms with E-state index in [1.54, 1.807) is 6.20 Å². The smallest absolute Gasteiger partial charge is 0.0835 e.